The van der Waals surface area contributed by atoms with Gasteiger partial charge in [0.1, 0.15) is 5.82 Å². The van der Waals surface area contributed by atoms with Crippen LogP contribution in [0, 0.1) is 0 Å². The molecule has 23 heavy (non-hydrogen) atoms. The molecule has 2 heterocycles. The quantitative estimate of drug-likeness (QED) is 0.683. The molecular weight excluding hydrogens is 334 g/mol. The second-order valence-electron chi connectivity index (χ2n) is 5.28. The van der Waals surface area contributed by atoms with Gasteiger partial charge < -0.3 is 9.88 Å². The summed E-state index contributed by atoms with van der Waals surface area (Å²) in [7, 11) is 1.80. The van der Waals surface area contributed by atoms with Crippen LogP contribution in [0.3, 0.4) is 0 Å². The second kappa shape index (κ2) is 6.37. The van der Waals surface area contributed by atoms with Crippen LogP contribution < -0.4 is 10.9 Å². The van der Waals surface area contributed by atoms with Crippen molar-refractivity contribution < 1.29 is 4.79 Å². The lowest BCUT2D eigenvalue weighted by Crippen LogP contribution is -2.33. The molecule has 0 fully saturated rings. The molecule has 5 nitrogen and oxygen atoms in total. The SMILES string of the molecule is CCSc1nc(=O)c2c(n1C)NC(=O)C[C@H]2c1ccccc1Cl. The maximum atomic E-state index is 12.6. The van der Waals surface area contributed by atoms with E-state index >= 15 is 0 Å². The third-order valence-corrected chi connectivity index (χ3v) is 5.11. The van der Waals surface area contributed by atoms with Crippen LogP contribution in [0.25, 0.3) is 0 Å². The molecule has 0 radical (unpaired) electrons. The van der Waals surface area contributed by atoms with E-state index in [-0.39, 0.29) is 23.8 Å². The number of nitrogens with one attached hydrogen (secondary N) is 1. The van der Waals surface area contributed by atoms with Crippen LogP contribution in [0.1, 0.15) is 30.4 Å². The Morgan fingerprint density at radius 1 is 1.39 bits per heavy atom. The third kappa shape index (κ3) is 2.88. The number of anilines is 1. The van der Waals surface area contributed by atoms with E-state index in [1.54, 1.807) is 17.7 Å². The number of hydrogen-bond donors (Lipinski definition) is 1. The molecule has 0 unspecified atom stereocenters. The van der Waals surface area contributed by atoms with Crippen LogP contribution in [-0.4, -0.2) is 21.2 Å². The van der Waals surface area contributed by atoms with Gasteiger partial charge in [-0.1, -0.05) is 48.5 Å². The van der Waals surface area contributed by atoms with Gasteiger partial charge in [0.2, 0.25) is 5.91 Å². The summed E-state index contributed by atoms with van der Waals surface area (Å²) in [5.74, 6) is 0.804. The molecule has 0 bridgehead atoms. The van der Waals surface area contributed by atoms with Crippen molar-refractivity contribution in [3.8, 4) is 0 Å². The van der Waals surface area contributed by atoms with Crippen molar-refractivity contribution in [3.63, 3.8) is 0 Å². The van der Waals surface area contributed by atoms with E-state index in [4.69, 9.17) is 11.6 Å². The first-order valence-electron chi connectivity index (χ1n) is 7.31. The monoisotopic (exact) mass is 349 g/mol. The summed E-state index contributed by atoms with van der Waals surface area (Å²) in [4.78, 5) is 28.9. The van der Waals surface area contributed by atoms with Gasteiger partial charge in [-0.2, -0.15) is 4.98 Å². The normalized spacial score (nSPS) is 16.8. The van der Waals surface area contributed by atoms with Gasteiger partial charge in [-0.05, 0) is 17.4 Å². The van der Waals surface area contributed by atoms with E-state index in [1.165, 1.54) is 11.8 Å². The number of thioether (sulfide) groups is 1. The number of rotatable bonds is 3. The molecule has 0 spiro atoms. The van der Waals surface area contributed by atoms with Gasteiger partial charge in [-0.15, -0.1) is 0 Å². The summed E-state index contributed by atoms with van der Waals surface area (Å²) in [5.41, 5.74) is 0.972. The van der Waals surface area contributed by atoms with E-state index in [1.807, 2.05) is 25.1 Å². The first-order valence-corrected chi connectivity index (χ1v) is 8.67. The number of carbonyl (C=O) groups is 1. The summed E-state index contributed by atoms with van der Waals surface area (Å²) in [5, 5.41) is 3.96. The highest BCUT2D eigenvalue weighted by atomic mass is 35.5. The summed E-state index contributed by atoms with van der Waals surface area (Å²) in [6.45, 7) is 1.99. The zero-order valence-corrected chi connectivity index (χ0v) is 14.4. The molecule has 0 aliphatic carbocycles. The number of fused-ring (bicyclic) bond motifs is 1. The van der Waals surface area contributed by atoms with Crippen molar-refractivity contribution in [2.45, 2.75) is 24.4 Å². The van der Waals surface area contributed by atoms with E-state index < -0.39 is 0 Å². The van der Waals surface area contributed by atoms with Crippen LogP contribution in [0.2, 0.25) is 5.02 Å². The van der Waals surface area contributed by atoms with Crippen LogP contribution in [0.5, 0.6) is 0 Å². The molecule has 1 aliphatic heterocycles. The largest absolute Gasteiger partial charge is 0.312 e. The van der Waals surface area contributed by atoms with Crippen LogP contribution in [0.15, 0.2) is 34.2 Å². The zero-order chi connectivity index (χ0) is 16.6. The second-order valence-corrected chi connectivity index (χ2v) is 6.92. The zero-order valence-electron chi connectivity index (χ0n) is 12.8. The molecule has 1 amide bonds. The molecule has 2 aromatic rings. The van der Waals surface area contributed by atoms with Crippen molar-refractivity contribution in [2.75, 3.05) is 11.1 Å². The van der Waals surface area contributed by atoms with Gasteiger partial charge in [-0.3, -0.25) is 9.59 Å². The van der Waals surface area contributed by atoms with Crippen molar-refractivity contribution in [1.82, 2.24) is 9.55 Å². The van der Waals surface area contributed by atoms with Crippen molar-refractivity contribution in [1.29, 1.82) is 0 Å². The first kappa shape index (κ1) is 16.1. The lowest BCUT2D eigenvalue weighted by molar-refractivity contribution is -0.116. The molecular formula is C16H16ClN3O2S. The van der Waals surface area contributed by atoms with Crippen LogP contribution in [0.4, 0.5) is 5.82 Å². The van der Waals surface area contributed by atoms with Gasteiger partial charge >= 0.3 is 0 Å². The average Bonchev–Trinajstić information content (AvgIpc) is 2.52. The molecule has 0 saturated carbocycles. The maximum Gasteiger partial charge on any atom is 0.279 e. The lowest BCUT2D eigenvalue weighted by Gasteiger charge is -2.27. The molecule has 1 atom stereocenters. The van der Waals surface area contributed by atoms with Gasteiger partial charge in [-0.25, -0.2) is 0 Å². The highest BCUT2D eigenvalue weighted by molar-refractivity contribution is 7.99. The van der Waals surface area contributed by atoms with Crippen molar-refractivity contribution in [2.24, 2.45) is 7.05 Å². The van der Waals surface area contributed by atoms with E-state index in [2.05, 4.69) is 10.3 Å². The van der Waals surface area contributed by atoms with Gasteiger partial charge in [0.05, 0.1) is 5.56 Å². The van der Waals surface area contributed by atoms with Gasteiger partial charge in [0.25, 0.3) is 5.56 Å². The topological polar surface area (TPSA) is 64.0 Å². The highest BCUT2D eigenvalue weighted by Crippen LogP contribution is 2.38. The fourth-order valence-electron chi connectivity index (χ4n) is 2.82. The summed E-state index contributed by atoms with van der Waals surface area (Å²) in [6, 6.07) is 7.30. The fraction of sp³-hybridized carbons (Fsp3) is 0.312. The Labute approximate surface area is 143 Å². The summed E-state index contributed by atoms with van der Waals surface area (Å²) in [6.07, 6.45) is 0.188. The Hall–Kier alpha value is -1.79. The number of aromatic nitrogens is 2. The minimum atomic E-state index is -0.376. The molecule has 120 valence electrons. The number of benzene rings is 1. The smallest absolute Gasteiger partial charge is 0.279 e. The standard InChI is InChI=1S/C16H16ClN3O2S/c1-3-23-16-19-15(22)13-10(9-6-4-5-7-11(9)17)8-12(21)18-14(13)20(16)2/h4-7,10H,3,8H2,1-2H3,(H,18,21)/t10-/m0/s1. The molecule has 3 rings (SSSR count). The molecule has 1 aromatic carbocycles. The molecule has 0 saturated heterocycles. The first-order chi connectivity index (χ1) is 11.0. The summed E-state index contributed by atoms with van der Waals surface area (Å²) >= 11 is 7.74. The number of amides is 1. The maximum absolute atomic E-state index is 12.6. The van der Waals surface area contributed by atoms with Crippen LogP contribution in [-0.2, 0) is 11.8 Å². The average molecular weight is 350 g/mol. The molecule has 1 aromatic heterocycles. The van der Waals surface area contributed by atoms with E-state index in [0.29, 0.717) is 21.6 Å². The Morgan fingerprint density at radius 2 is 2.13 bits per heavy atom. The minimum absolute atomic E-state index is 0.129. The van der Waals surface area contributed by atoms with Crippen molar-refractivity contribution in [3.05, 3.63) is 50.8 Å². The predicted octanol–water partition coefficient (Wildman–Crippen LogP) is 3.02. The van der Waals surface area contributed by atoms with Gasteiger partial charge in [0.15, 0.2) is 5.16 Å². The van der Waals surface area contributed by atoms with Gasteiger partial charge in [0, 0.05) is 24.4 Å². The predicted molar refractivity (Wildman–Crippen MR) is 92.4 cm³/mol. The van der Waals surface area contributed by atoms with E-state index in [0.717, 1.165) is 11.3 Å². The van der Waals surface area contributed by atoms with E-state index in [9.17, 15) is 9.59 Å². The highest BCUT2D eigenvalue weighted by Gasteiger charge is 2.32. The molecule has 7 heteroatoms. The Morgan fingerprint density at radius 3 is 2.83 bits per heavy atom. The third-order valence-electron chi connectivity index (χ3n) is 3.85. The van der Waals surface area contributed by atoms with Crippen LogP contribution >= 0.6 is 23.4 Å². The van der Waals surface area contributed by atoms with Crippen molar-refractivity contribution >= 4 is 35.1 Å². The molecule has 1 aliphatic rings. The molecule has 1 N–H and O–H groups in total. The summed E-state index contributed by atoms with van der Waals surface area (Å²) < 4.78 is 1.77. The number of hydrogen-bond acceptors (Lipinski definition) is 4. The number of halogens is 1. The Balaban J connectivity index is 2.23. The lowest BCUT2D eigenvalue weighted by atomic mass is 9.87. The number of carbonyl (C=O) groups excluding carboxylic acids is 1. The Kier molecular flexibility index (Phi) is 4.46. The number of nitrogens with zero attached hydrogens (tertiary/aromatic N) is 2. The Bertz CT molecular complexity index is 835. The minimum Gasteiger partial charge on any atom is -0.312 e. The fourth-order valence-corrected chi connectivity index (χ4v) is 3.77.